The average molecular weight is 425 g/mol. The Morgan fingerprint density at radius 2 is 1.84 bits per heavy atom. The molecule has 1 spiro atoms. The first-order valence-corrected chi connectivity index (χ1v) is 14.0. The van der Waals surface area contributed by atoms with E-state index in [4.69, 9.17) is 11.3 Å². The second-order valence-electron chi connectivity index (χ2n) is 14.0. The lowest BCUT2D eigenvalue weighted by Crippen LogP contribution is -2.56. The molecule has 0 aliphatic heterocycles. The van der Waals surface area contributed by atoms with E-state index in [1.807, 2.05) is 7.11 Å². The Morgan fingerprint density at radius 1 is 1.06 bits per heavy atom. The average Bonchev–Trinajstić information content (AvgIpc) is 3.60. The molecule has 0 aromatic heterocycles. The summed E-state index contributed by atoms with van der Waals surface area (Å²) in [5, 5.41) is 0. The van der Waals surface area contributed by atoms with Gasteiger partial charge in [-0.15, -0.1) is 0 Å². The van der Waals surface area contributed by atoms with Crippen molar-refractivity contribution in [3.05, 3.63) is 12.2 Å². The summed E-state index contributed by atoms with van der Waals surface area (Å²) < 4.78 is 6.30. The molecule has 1 heteroatoms. The van der Waals surface area contributed by atoms with Crippen molar-refractivity contribution in [1.82, 2.24) is 0 Å². The third kappa shape index (κ3) is 2.71. The van der Waals surface area contributed by atoms with Crippen LogP contribution >= 0.6 is 0 Å². The van der Waals surface area contributed by atoms with Gasteiger partial charge in [-0.1, -0.05) is 39.8 Å². The van der Waals surface area contributed by atoms with E-state index >= 15 is 0 Å². The van der Waals surface area contributed by atoms with Crippen LogP contribution in [0.5, 0.6) is 0 Å². The maximum Gasteiger partial charge on any atom is 0.0638 e. The summed E-state index contributed by atoms with van der Waals surface area (Å²) in [5.41, 5.74) is 3.26. The quantitative estimate of drug-likeness (QED) is 0.394. The molecule has 174 valence electrons. The molecule has 0 amide bonds. The Balaban J connectivity index is 1.19. The van der Waals surface area contributed by atoms with Crippen LogP contribution < -0.4 is 0 Å². The summed E-state index contributed by atoms with van der Waals surface area (Å²) in [4.78, 5) is 0. The second kappa shape index (κ2) is 6.86. The molecule has 6 aliphatic rings. The zero-order valence-electron chi connectivity index (χ0n) is 21.1. The highest BCUT2D eigenvalue weighted by Gasteiger charge is 2.77. The fourth-order valence-electron chi connectivity index (χ4n) is 11.2. The van der Waals surface area contributed by atoms with Crippen LogP contribution in [0.2, 0.25) is 0 Å². The van der Waals surface area contributed by atoms with Crippen molar-refractivity contribution >= 4 is 0 Å². The lowest BCUT2D eigenvalue weighted by atomic mass is 9.45. The van der Waals surface area contributed by atoms with Gasteiger partial charge in [-0.05, 0) is 129 Å². The maximum absolute atomic E-state index is 6.30. The van der Waals surface area contributed by atoms with Crippen LogP contribution in [-0.2, 0) is 4.74 Å². The summed E-state index contributed by atoms with van der Waals surface area (Å²) >= 11 is 0. The molecule has 0 heterocycles. The summed E-state index contributed by atoms with van der Waals surface area (Å²) in [6, 6.07) is 0. The van der Waals surface area contributed by atoms with Gasteiger partial charge in [0.25, 0.3) is 0 Å². The smallest absolute Gasteiger partial charge is 0.0638 e. The number of methoxy groups -OCH3 is 1. The minimum Gasteiger partial charge on any atom is -0.381 e. The van der Waals surface area contributed by atoms with Crippen LogP contribution in [0.25, 0.3) is 0 Å². The van der Waals surface area contributed by atoms with Crippen molar-refractivity contribution in [2.75, 3.05) is 7.11 Å². The molecule has 31 heavy (non-hydrogen) atoms. The van der Waals surface area contributed by atoms with Crippen LogP contribution in [-0.4, -0.2) is 13.2 Å². The Morgan fingerprint density at radius 3 is 2.52 bits per heavy atom. The standard InChI is InChI=1S/C30H48O/c1-18(22-15-20(22)3)7-8-19(2)24-9-10-25-23-16-27(31-6)30-17-21(30)11-14-29(30,5)26(23)12-13-28(24,25)4/h18,20-27H,2,7-17H2,1,3-6H3/t18-,20-,21+,22+,23+,24-,25+,26+,27-,28-,29-,30+/m1/s1. The van der Waals surface area contributed by atoms with Crippen molar-refractivity contribution < 1.29 is 4.74 Å². The summed E-state index contributed by atoms with van der Waals surface area (Å²) in [6.45, 7) is 15.1. The SMILES string of the molecule is C=C(CC[C@@H](C)[C@@H]1C[C@H]1C)[C@H]1CC[C@H]2[C@@H]3C[C@@H](OC)[C@]45C[C@@H]4CC[C@]5(C)[C@H]3CC[C@]12C. The second-order valence-corrected chi connectivity index (χ2v) is 14.0. The lowest BCUT2D eigenvalue weighted by Gasteiger charge is -2.60. The van der Waals surface area contributed by atoms with Crippen molar-refractivity contribution in [3.8, 4) is 0 Å². The predicted octanol–water partition coefficient (Wildman–Crippen LogP) is 7.90. The molecule has 0 bridgehead atoms. The largest absolute Gasteiger partial charge is 0.381 e. The van der Waals surface area contributed by atoms with Gasteiger partial charge in [-0.25, -0.2) is 0 Å². The van der Waals surface area contributed by atoms with Gasteiger partial charge in [0.1, 0.15) is 0 Å². The molecule has 0 saturated heterocycles. The Labute approximate surface area is 192 Å². The molecule has 0 aromatic rings. The molecule has 0 aromatic carbocycles. The fourth-order valence-corrected chi connectivity index (χ4v) is 11.2. The number of hydrogen-bond acceptors (Lipinski definition) is 1. The first kappa shape index (κ1) is 21.2. The van der Waals surface area contributed by atoms with Crippen molar-refractivity contribution in [2.45, 2.75) is 104 Å². The van der Waals surface area contributed by atoms with Gasteiger partial charge >= 0.3 is 0 Å². The van der Waals surface area contributed by atoms with Gasteiger partial charge < -0.3 is 4.74 Å². The van der Waals surface area contributed by atoms with E-state index in [0.29, 0.717) is 22.3 Å². The summed E-state index contributed by atoms with van der Waals surface area (Å²) in [6.07, 6.45) is 16.3. The van der Waals surface area contributed by atoms with E-state index in [1.165, 1.54) is 70.6 Å². The molecule has 0 unspecified atom stereocenters. The molecule has 12 atom stereocenters. The van der Waals surface area contributed by atoms with Gasteiger partial charge in [0.15, 0.2) is 0 Å². The number of rotatable bonds is 6. The molecular weight excluding hydrogens is 376 g/mol. The Bertz CT molecular complexity index is 756. The first-order valence-electron chi connectivity index (χ1n) is 14.0. The third-order valence-electron chi connectivity index (χ3n) is 13.1. The highest BCUT2D eigenvalue weighted by atomic mass is 16.5. The normalized spacial score (nSPS) is 57.5. The van der Waals surface area contributed by atoms with Crippen LogP contribution in [0.3, 0.4) is 0 Å². The predicted molar refractivity (Wildman–Crippen MR) is 129 cm³/mol. The highest BCUT2D eigenvalue weighted by Crippen LogP contribution is 2.82. The zero-order chi connectivity index (χ0) is 21.8. The van der Waals surface area contributed by atoms with Gasteiger partial charge in [0.05, 0.1) is 6.10 Å². The minimum absolute atomic E-state index is 0.509. The lowest BCUT2D eigenvalue weighted by molar-refractivity contribution is -0.158. The molecular formula is C30H48O. The first-order chi connectivity index (χ1) is 14.8. The van der Waals surface area contributed by atoms with Crippen LogP contribution in [0.1, 0.15) is 98.3 Å². The van der Waals surface area contributed by atoms with Crippen LogP contribution in [0.15, 0.2) is 12.2 Å². The molecule has 1 nitrogen and oxygen atoms in total. The Hall–Kier alpha value is -0.300. The van der Waals surface area contributed by atoms with E-state index in [9.17, 15) is 0 Å². The van der Waals surface area contributed by atoms with Crippen LogP contribution in [0.4, 0.5) is 0 Å². The van der Waals surface area contributed by atoms with Gasteiger partial charge in [-0.3, -0.25) is 0 Å². The number of hydrogen-bond donors (Lipinski definition) is 0. The summed E-state index contributed by atoms with van der Waals surface area (Å²) in [5.74, 6) is 7.45. The van der Waals surface area contributed by atoms with E-state index < -0.39 is 0 Å². The molecule has 6 saturated carbocycles. The monoisotopic (exact) mass is 424 g/mol. The van der Waals surface area contributed by atoms with Crippen molar-refractivity contribution in [1.29, 1.82) is 0 Å². The minimum atomic E-state index is 0.509. The van der Waals surface area contributed by atoms with E-state index in [1.54, 1.807) is 5.57 Å². The van der Waals surface area contributed by atoms with Gasteiger partial charge in [0, 0.05) is 12.5 Å². The number of allylic oxidation sites excluding steroid dienone is 1. The van der Waals surface area contributed by atoms with Gasteiger partial charge in [-0.2, -0.15) is 0 Å². The van der Waals surface area contributed by atoms with Gasteiger partial charge in [0.2, 0.25) is 0 Å². The van der Waals surface area contributed by atoms with Crippen LogP contribution in [0, 0.1) is 63.6 Å². The zero-order valence-corrected chi connectivity index (χ0v) is 21.1. The maximum atomic E-state index is 6.30. The molecule has 6 rings (SSSR count). The molecule has 6 aliphatic carbocycles. The molecule has 0 radical (unpaired) electrons. The third-order valence-corrected chi connectivity index (χ3v) is 13.1. The highest BCUT2D eigenvalue weighted by molar-refractivity contribution is 5.26. The Kier molecular flexibility index (Phi) is 4.70. The molecule has 6 fully saturated rings. The molecule has 0 N–H and O–H groups in total. The van der Waals surface area contributed by atoms with E-state index in [-0.39, 0.29) is 0 Å². The fraction of sp³-hybridized carbons (Fsp3) is 0.933. The van der Waals surface area contributed by atoms with Crippen molar-refractivity contribution in [2.24, 2.45) is 63.6 Å². The summed E-state index contributed by atoms with van der Waals surface area (Å²) in [7, 11) is 2.02. The topological polar surface area (TPSA) is 9.23 Å². The van der Waals surface area contributed by atoms with E-state index in [2.05, 4.69) is 27.7 Å². The number of ether oxygens (including phenoxy) is 1. The van der Waals surface area contributed by atoms with Crippen molar-refractivity contribution in [3.63, 3.8) is 0 Å². The van der Waals surface area contributed by atoms with E-state index in [0.717, 1.165) is 47.3 Å². The number of fused-ring (bicyclic) bond motifs is 4.